The average Bonchev–Trinajstić information content (AvgIpc) is 3.18. The second-order valence-electron chi connectivity index (χ2n) is 8.11. The number of benzene rings is 2. The number of carbonyl (C=O) groups excluding carboxylic acids is 1. The quantitative estimate of drug-likeness (QED) is 0.385. The molecule has 0 radical (unpaired) electrons. The van der Waals surface area contributed by atoms with Crippen molar-refractivity contribution in [1.29, 1.82) is 0 Å². The van der Waals surface area contributed by atoms with Crippen molar-refractivity contribution < 1.29 is 14.7 Å². The molecule has 0 unspecified atom stereocenters. The Hall–Kier alpha value is -3.10. The summed E-state index contributed by atoms with van der Waals surface area (Å²) in [5.41, 5.74) is 1.68. The molecule has 0 aliphatic heterocycles. The van der Waals surface area contributed by atoms with Crippen molar-refractivity contribution >= 4 is 46.4 Å². The Morgan fingerprint density at radius 2 is 1.78 bits per heavy atom. The van der Waals surface area contributed by atoms with E-state index in [2.05, 4.69) is 15.6 Å². The average molecular weight is 473 g/mol. The number of urea groups is 1. The van der Waals surface area contributed by atoms with Crippen LogP contribution in [0.3, 0.4) is 0 Å². The Labute approximate surface area is 196 Å². The fourth-order valence-corrected chi connectivity index (χ4v) is 4.14. The molecule has 0 atom stereocenters. The van der Waals surface area contributed by atoms with Crippen LogP contribution in [0.15, 0.2) is 54.7 Å². The van der Waals surface area contributed by atoms with Gasteiger partial charge in [0, 0.05) is 30.4 Å². The van der Waals surface area contributed by atoms with E-state index in [1.54, 1.807) is 30.5 Å². The fraction of sp³-hybridized carbons (Fsp3) is 0.261. The lowest BCUT2D eigenvalue weighted by atomic mass is 10.1. The summed E-state index contributed by atoms with van der Waals surface area (Å²) in [6.45, 7) is 6.01. The van der Waals surface area contributed by atoms with Gasteiger partial charge in [-0.3, -0.25) is 0 Å². The zero-order valence-corrected chi connectivity index (χ0v) is 19.6. The van der Waals surface area contributed by atoms with Gasteiger partial charge in [0.05, 0.1) is 20.6 Å². The van der Waals surface area contributed by atoms with Crippen LogP contribution in [-0.4, -0.2) is 39.2 Å². The molecule has 0 bridgehead atoms. The number of rotatable bonds is 6. The van der Waals surface area contributed by atoms with E-state index >= 15 is 0 Å². The number of thiazole rings is 1. The molecule has 0 aliphatic rings. The number of anilines is 2. The first-order valence-corrected chi connectivity index (χ1v) is 11.2. The van der Waals surface area contributed by atoms with Crippen LogP contribution in [0, 0.1) is 0 Å². The molecule has 0 spiro atoms. The van der Waals surface area contributed by atoms with E-state index < -0.39 is 11.6 Å². The van der Waals surface area contributed by atoms with Crippen molar-refractivity contribution in [3.05, 3.63) is 64.8 Å². The maximum Gasteiger partial charge on any atom is 0.407 e. The predicted octanol–water partition coefficient (Wildman–Crippen LogP) is 6.43. The number of hydrogen-bond donors (Lipinski definition) is 3. The molecule has 168 valence electrons. The standard InChI is InChI=1S/C23H25ClN4O3S/c1-23(2,3)28(22(30)31)13-12-20-25-14-19(32-20)15-8-10-16(11-9-15)26-21(29)27-18-7-5-4-6-17(18)24/h4-11,14H,12-13H2,1-3H3,(H,30,31)(H2,26,27,29). The summed E-state index contributed by atoms with van der Waals surface area (Å²) in [5, 5.41) is 16.3. The minimum atomic E-state index is -0.934. The van der Waals surface area contributed by atoms with Gasteiger partial charge in [-0.1, -0.05) is 35.9 Å². The molecule has 7 nitrogen and oxygen atoms in total. The van der Waals surface area contributed by atoms with Crippen LogP contribution in [0.2, 0.25) is 5.02 Å². The maximum absolute atomic E-state index is 12.2. The van der Waals surface area contributed by atoms with E-state index in [0.717, 1.165) is 15.4 Å². The molecule has 0 aliphatic carbocycles. The zero-order valence-electron chi connectivity index (χ0n) is 18.1. The molecular formula is C23H25ClN4O3S. The topological polar surface area (TPSA) is 94.6 Å². The maximum atomic E-state index is 12.2. The molecule has 0 saturated carbocycles. The lowest BCUT2D eigenvalue weighted by molar-refractivity contribution is 0.101. The Morgan fingerprint density at radius 3 is 2.41 bits per heavy atom. The highest BCUT2D eigenvalue weighted by molar-refractivity contribution is 7.15. The van der Waals surface area contributed by atoms with E-state index in [0.29, 0.717) is 29.4 Å². The van der Waals surface area contributed by atoms with Crippen LogP contribution in [-0.2, 0) is 6.42 Å². The van der Waals surface area contributed by atoms with Gasteiger partial charge in [0.2, 0.25) is 0 Å². The first-order valence-electron chi connectivity index (χ1n) is 10.0. The Morgan fingerprint density at radius 1 is 1.09 bits per heavy atom. The van der Waals surface area contributed by atoms with E-state index in [1.165, 1.54) is 16.2 Å². The highest BCUT2D eigenvalue weighted by Gasteiger charge is 2.25. The highest BCUT2D eigenvalue weighted by atomic mass is 35.5. The van der Waals surface area contributed by atoms with Crippen LogP contribution in [0.4, 0.5) is 21.0 Å². The summed E-state index contributed by atoms with van der Waals surface area (Å²) in [6.07, 6.45) is 1.40. The number of aromatic nitrogens is 1. The molecule has 0 fully saturated rings. The van der Waals surface area contributed by atoms with Gasteiger partial charge in [-0.25, -0.2) is 14.6 Å². The van der Waals surface area contributed by atoms with Crippen LogP contribution >= 0.6 is 22.9 Å². The molecule has 3 N–H and O–H groups in total. The van der Waals surface area contributed by atoms with Gasteiger partial charge in [-0.05, 0) is 50.6 Å². The molecule has 1 aromatic heterocycles. The number of nitrogens with zero attached hydrogens (tertiary/aromatic N) is 2. The first-order chi connectivity index (χ1) is 15.1. The minimum absolute atomic E-state index is 0.382. The monoisotopic (exact) mass is 472 g/mol. The van der Waals surface area contributed by atoms with Crippen molar-refractivity contribution in [2.45, 2.75) is 32.7 Å². The van der Waals surface area contributed by atoms with Gasteiger partial charge in [0.25, 0.3) is 0 Å². The Balaban J connectivity index is 1.59. The smallest absolute Gasteiger partial charge is 0.407 e. The number of amides is 3. The van der Waals surface area contributed by atoms with E-state index in [-0.39, 0.29) is 6.03 Å². The number of para-hydroxylation sites is 1. The number of hydrogen-bond acceptors (Lipinski definition) is 4. The van der Waals surface area contributed by atoms with Gasteiger partial charge in [-0.2, -0.15) is 0 Å². The molecule has 9 heteroatoms. The van der Waals surface area contributed by atoms with E-state index in [4.69, 9.17) is 11.6 Å². The van der Waals surface area contributed by atoms with E-state index in [9.17, 15) is 14.7 Å². The Bertz CT molecular complexity index is 1090. The normalized spacial score (nSPS) is 11.1. The first kappa shape index (κ1) is 23.6. The summed E-state index contributed by atoms with van der Waals surface area (Å²) in [5.74, 6) is 0. The molecule has 0 saturated heterocycles. The molecule has 3 rings (SSSR count). The lowest BCUT2D eigenvalue weighted by Gasteiger charge is -2.32. The van der Waals surface area contributed by atoms with Crippen molar-refractivity contribution in [2.75, 3.05) is 17.2 Å². The summed E-state index contributed by atoms with van der Waals surface area (Å²) in [6, 6.07) is 14.1. The molecule has 3 aromatic rings. The summed E-state index contributed by atoms with van der Waals surface area (Å²) >= 11 is 7.59. The molecular weight excluding hydrogens is 448 g/mol. The molecule has 1 heterocycles. The lowest BCUT2D eigenvalue weighted by Crippen LogP contribution is -2.45. The predicted molar refractivity (Wildman–Crippen MR) is 130 cm³/mol. The third-order valence-corrected chi connectivity index (χ3v) is 6.13. The SMILES string of the molecule is CC(C)(C)N(CCc1ncc(-c2ccc(NC(=O)Nc3ccccc3Cl)cc2)s1)C(=O)O. The summed E-state index contributed by atoms with van der Waals surface area (Å²) in [4.78, 5) is 30.5. The van der Waals surface area contributed by atoms with Crippen LogP contribution in [0.5, 0.6) is 0 Å². The summed E-state index contributed by atoms with van der Waals surface area (Å²) in [7, 11) is 0. The highest BCUT2D eigenvalue weighted by Crippen LogP contribution is 2.28. The van der Waals surface area contributed by atoms with Crippen LogP contribution in [0.1, 0.15) is 25.8 Å². The number of carboxylic acid groups (broad SMARTS) is 1. The van der Waals surface area contributed by atoms with Crippen molar-refractivity contribution in [1.82, 2.24) is 9.88 Å². The fourth-order valence-electron chi connectivity index (χ4n) is 3.05. The van der Waals surface area contributed by atoms with Crippen molar-refractivity contribution in [3.63, 3.8) is 0 Å². The molecule has 32 heavy (non-hydrogen) atoms. The number of halogens is 1. The summed E-state index contributed by atoms with van der Waals surface area (Å²) < 4.78 is 0. The minimum Gasteiger partial charge on any atom is -0.465 e. The van der Waals surface area contributed by atoms with Crippen LogP contribution < -0.4 is 10.6 Å². The van der Waals surface area contributed by atoms with E-state index in [1.807, 2.05) is 45.0 Å². The van der Waals surface area contributed by atoms with Gasteiger partial charge in [0.1, 0.15) is 0 Å². The van der Waals surface area contributed by atoms with Crippen LogP contribution in [0.25, 0.3) is 10.4 Å². The molecule has 2 aromatic carbocycles. The van der Waals surface area contributed by atoms with Gasteiger partial charge >= 0.3 is 12.1 Å². The second-order valence-corrected chi connectivity index (χ2v) is 9.63. The van der Waals surface area contributed by atoms with Gasteiger partial charge < -0.3 is 20.6 Å². The number of carbonyl (C=O) groups is 2. The second kappa shape index (κ2) is 10.0. The van der Waals surface area contributed by atoms with Crippen molar-refractivity contribution in [2.24, 2.45) is 0 Å². The molecule has 3 amide bonds. The Kier molecular flexibility index (Phi) is 7.37. The zero-order chi connectivity index (χ0) is 23.3. The van der Waals surface area contributed by atoms with Gasteiger partial charge in [-0.15, -0.1) is 11.3 Å². The third kappa shape index (κ3) is 6.21. The van der Waals surface area contributed by atoms with Gasteiger partial charge in [0.15, 0.2) is 0 Å². The third-order valence-electron chi connectivity index (χ3n) is 4.69. The largest absolute Gasteiger partial charge is 0.465 e. The van der Waals surface area contributed by atoms with Crippen molar-refractivity contribution in [3.8, 4) is 10.4 Å². The number of nitrogens with one attached hydrogen (secondary N) is 2.